The summed E-state index contributed by atoms with van der Waals surface area (Å²) < 4.78 is 33.4. The Morgan fingerprint density at radius 1 is 1.17 bits per heavy atom. The van der Waals surface area contributed by atoms with Crippen molar-refractivity contribution >= 4 is 10.2 Å². The molecule has 0 aliphatic carbocycles. The van der Waals surface area contributed by atoms with Gasteiger partial charge in [-0.15, -0.1) is 0 Å². The second kappa shape index (κ2) is 7.00. The average molecular weight is 350 g/mol. The molecular weight excluding hydrogens is 328 g/mol. The quantitative estimate of drug-likeness (QED) is 0.846. The molecule has 130 valence electrons. The molecule has 8 heteroatoms. The molecule has 1 aromatic carbocycles. The molecular formula is C16H22N4O3S. The normalized spacial score (nSPS) is 20.2. The molecule has 1 unspecified atom stereocenters. The Balaban J connectivity index is 1.94. The van der Waals surface area contributed by atoms with Gasteiger partial charge in [0, 0.05) is 26.2 Å². The zero-order valence-corrected chi connectivity index (χ0v) is 14.7. The maximum atomic E-state index is 12.7. The molecule has 1 saturated heterocycles. The van der Waals surface area contributed by atoms with Crippen LogP contribution < -0.4 is 0 Å². The average Bonchev–Trinajstić information content (AvgIpc) is 2.93. The van der Waals surface area contributed by atoms with Crippen molar-refractivity contribution in [3.63, 3.8) is 0 Å². The largest absolute Gasteiger partial charge is 0.334 e. The van der Waals surface area contributed by atoms with Crippen LogP contribution in [0.3, 0.4) is 0 Å². The summed E-state index contributed by atoms with van der Waals surface area (Å²) in [6, 6.07) is 9.09. The van der Waals surface area contributed by atoms with Crippen molar-refractivity contribution in [3.05, 3.63) is 36.2 Å². The number of rotatable bonds is 4. The van der Waals surface area contributed by atoms with Crippen LogP contribution in [0.25, 0.3) is 11.5 Å². The number of benzene rings is 1. The molecule has 0 bridgehead atoms. The fraction of sp³-hybridized carbons (Fsp3) is 0.500. The standard InChI is InChI=1S/C16H22N4O3S/c1-19(2)24(21,22)20-12-8-4-7-11-14(20)15-17-16(23-18-15)13-9-5-3-6-10-13/h3,5-6,9-10,14H,4,7-8,11-12H2,1-2H3. The van der Waals surface area contributed by atoms with Crippen LogP contribution in [-0.2, 0) is 10.2 Å². The third kappa shape index (κ3) is 3.35. The summed E-state index contributed by atoms with van der Waals surface area (Å²) in [5.74, 6) is 0.846. The summed E-state index contributed by atoms with van der Waals surface area (Å²) in [4.78, 5) is 4.47. The van der Waals surface area contributed by atoms with E-state index >= 15 is 0 Å². The number of hydrogen-bond acceptors (Lipinski definition) is 5. The summed E-state index contributed by atoms with van der Waals surface area (Å²) >= 11 is 0. The van der Waals surface area contributed by atoms with Crippen LogP contribution in [0.4, 0.5) is 0 Å². The Kier molecular flexibility index (Phi) is 4.98. The first kappa shape index (κ1) is 17.1. The highest BCUT2D eigenvalue weighted by Gasteiger charge is 2.36. The fourth-order valence-corrected chi connectivity index (χ4v) is 4.19. The molecule has 24 heavy (non-hydrogen) atoms. The third-order valence-corrected chi connectivity index (χ3v) is 6.17. The molecule has 0 radical (unpaired) electrons. The van der Waals surface area contributed by atoms with E-state index in [4.69, 9.17) is 4.52 Å². The first-order valence-corrected chi connectivity index (χ1v) is 9.48. The van der Waals surface area contributed by atoms with Gasteiger partial charge in [0.2, 0.25) is 0 Å². The number of hydrogen-bond donors (Lipinski definition) is 0. The van der Waals surface area contributed by atoms with Crippen molar-refractivity contribution in [1.29, 1.82) is 0 Å². The molecule has 1 aliphatic rings. The van der Waals surface area contributed by atoms with Crippen molar-refractivity contribution in [3.8, 4) is 11.5 Å². The lowest BCUT2D eigenvalue weighted by molar-refractivity contribution is 0.288. The topological polar surface area (TPSA) is 79.5 Å². The highest BCUT2D eigenvalue weighted by Crippen LogP contribution is 2.32. The molecule has 0 N–H and O–H groups in total. The predicted molar refractivity (Wildman–Crippen MR) is 90.3 cm³/mol. The van der Waals surface area contributed by atoms with Crippen LogP contribution in [0.1, 0.15) is 37.5 Å². The van der Waals surface area contributed by atoms with E-state index in [0.717, 1.165) is 24.8 Å². The molecule has 3 rings (SSSR count). The highest BCUT2D eigenvalue weighted by atomic mass is 32.2. The van der Waals surface area contributed by atoms with Crippen LogP contribution in [0, 0.1) is 0 Å². The Labute approximate surface area is 142 Å². The van der Waals surface area contributed by atoms with E-state index in [1.807, 2.05) is 30.3 Å². The SMILES string of the molecule is CN(C)S(=O)(=O)N1CCCCCC1c1noc(-c2ccccc2)n1. The zero-order valence-electron chi connectivity index (χ0n) is 13.9. The van der Waals surface area contributed by atoms with E-state index in [-0.39, 0.29) is 6.04 Å². The Bertz CT molecular complexity index is 774. The summed E-state index contributed by atoms with van der Waals surface area (Å²) in [6.45, 7) is 0.473. The van der Waals surface area contributed by atoms with E-state index in [0.29, 0.717) is 24.7 Å². The maximum absolute atomic E-state index is 12.7. The van der Waals surface area contributed by atoms with E-state index in [9.17, 15) is 8.42 Å². The summed E-state index contributed by atoms with van der Waals surface area (Å²) in [5, 5.41) is 4.07. The molecule has 1 aliphatic heterocycles. The lowest BCUT2D eigenvalue weighted by Gasteiger charge is -2.29. The van der Waals surface area contributed by atoms with Crippen molar-refractivity contribution < 1.29 is 12.9 Å². The van der Waals surface area contributed by atoms with E-state index in [1.54, 1.807) is 14.1 Å². The van der Waals surface area contributed by atoms with Gasteiger partial charge in [0.15, 0.2) is 5.82 Å². The summed E-state index contributed by atoms with van der Waals surface area (Å²) in [6.07, 6.45) is 3.48. The first-order chi connectivity index (χ1) is 11.5. The van der Waals surface area contributed by atoms with Crippen molar-refractivity contribution in [2.45, 2.75) is 31.7 Å². The van der Waals surface area contributed by atoms with Gasteiger partial charge in [-0.3, -0.25) is 0 Å². The van der Waals surface area contributed by atoms with Gasteiger partial charge < -0.3 is 4.52 Å². The predicted octanol–water partition coefficient (Wildman–Crippen LogP) is 2.46. The van der Waals surface area contributed by atoms with E-state index in [1.165, 1.54) is 8.61 Å². The highest BCUT2D eigenvalue weighted by molar-refractivity contribution is 7.86. The molecule has 0 spiro atoms. The lowest BCUT2D eigenvalue weighted by atomic mass is 10.1. The van der Waals surface area contributed by atoms with Crippen LogP contribution in [0.15, 0.2) is 34.9 Å². The second-order valence-corrected chi connectivity index (χ2v) is 8.18. The molecule has 2 heterocycles. The van der Waals surface area contributed by atoms with Gasteiger partial charge in [-0.2, -0.15) is 22.0 Å². The minimum atomic E-state index is -3.53. The van der Waals surface area contributed by atoms with Crippen LogP contribution in [0.2, 0.25) is 0 Å². The van der Waals surface area contributed by atoms with E-state index in [2.05, 4.69) is 10.1 Å². The van der Waals surface area contributed by atoms with Crippen LogP contribution in [0.5, 0.6) is 0 Å². The van der Waals surface area contributed by atoms with Gasteiger partial charge in [-0.1, -0.05) is 36.2 Å². The molecule has 2 aromatic rings. The summed E-state index contributed by atoms with van der Waals surface area (Å²) in [7, 11) is -0.442. The lowest BCUT2D eigenvalue weighted by Crippen LogP contribution is -2.42. The molecule has 0 saturated carbocycles. The third-order valence-electron chi connectivity index (χ3n) is 4.22. The number of aromatic nitrogens is 2. The van der Waals surface area contributed by atoms with Gasteiger partial charge >= 0.3 is 0 Å². The van der Waals surface area contributed by atoms with Gasteiger partial charge in [0.1, 0.15) is 0 Å². The smallest absolute Gasteiger partial charge is 0.282 e. The van der Waals surface area contributed by atoms with Crippen LogP contribution >= 0.6 is 0 Å². The van der Waals surface area contributed by atoms with Crippen molar-refractivity contribution in [2.24, 2.45) is 0 Å². The molecule has 0 amide bonds. The van der Waals surface area contributed by atoms with Gasteiger partial charge in [-0.25, -0.2) is 0 Å². The monoisotopic (exact) mass is 350 g/mol. The Morgan fingerprint density at radius 2 is 1.92 bits per heavy atom. The fourth-order valence-electron chi connectivity index (χ4n) is 2.89. The van der Waals surface area contributed by atoms with Gasteiger partial charge in [-0.05, 0) is 25.0 Å². The molecule has 7 nitrogen and oxygen atoms in total. The van der Waals surface area contributed by atoms with Crippen molar-refractivity contribution in [2.75, 3.05) is 20.6 Å². The zero-order chi connectivity index (χ0) is 17.2. The number of nitrogens with zero attached hydrogens (tertiary/aromatic N) is 4. The molecule has 1 aromatic heterocycles. The Morgan fingerprint density at radius 3 is 2.62 bits per heavy atom. The second-order valence-electron chi connectivity index (χ2n) is 6.09. The minimum absolute atomic E-state index is 0.388. The van der Waals surface area contributed by atoms with Gasteiger partial charge in [0.25, 0.3) is 16.1 Å². The molecule has 1 atom stereocenters. The molecule has 1 fully saturated rings. The van der Waals surface area contributed by atoms with E-state index < -0.39 is 10.2 Å². The maximum Gasteiger partial charge on any atom is 0.282 e. The summed E-state index contributed by atoms with van der Waals surface area (Å²) in [5.41, 5.74) is 0.826. The van der Waals surface area contributed by atoms with Gasteiger partial charge in [0.05, 0.1) is 6.04 Å². The van der Waals surface area contributed by atoms with Crippen molar-refractivity contribution in [1.82, 2.24) is 18.8 Å². The minimum Gasteiger partial charge on any atom is -0.334 e. The Hall–Kier alpha value is -1.77. The first-order valence-electron chi connectivity index (χ1n) is 8.08. The van der Waals surface area contributed by atoms with Crippen LogP contribution in [-0.4, -0.2) is 47.8 Å².